The molecule has 1 aromatic carbocycles. The molecule has 96 valence electrons. The number of hydrogen-bond donors (Lipinski definition) is 0. The maximum absolute atomic E-state index is 11.1. The number of aryl methyl sites for hydroxylation is 1. The van der Waals surface area contributed by atoms with Gasteiger partial charge in [-0.15, -0.1) is 0 Å². The molecule has 2 rings (SSSR count). The monoisotopic (exact) mass is 285 g/mol. The molecule has 0 amide bonds. The van der Waals surface area contributed by atoms with Crippen molar-refractivity contribution in [3.63, 3.8) is 0 Å². The molecule has 4 nitrogen and oxygen atoms in total. The van der Waals surface area contributed by atoms with Gasteiger partial charge >= 0.3 is 0 Å². The van der Waals surface area contributed by atoms with Gasteiger partial charge in [0.15, 0.2) is 11.7 Å². The number of benzene rings is 1. The van der Waals surface area contributed by atoms with E-state index in [1.54, 1.807) is 18.3 Å². The van der Waals surface area contributed by atoms with E-state index in [0.717, 1.165) is 18.4 Å². The number of nitrogens with zero attached hydrogens (tertiary/aromatic N) is 1. The molecule has 0 saturated heterocycles. The van der Waals surface area contributed by atoms with Crippen LogP contribution in [0.2, 0.25) is 0 Å². The number of oxazole rings is 1. The molecule has 0 spiro atoms. The summed E-state index contributed by atoms with van der Waals surface area (Å²) in [5.41, 5.74) is 0.772. The van der Waals surface area contributed by atoms with Gasteiger partial charge in [-0.05, 0) is 30.7 Å². The zero-order chi connectivity index (χ0) is 13.2. The maximum Gasteiger partial charge on any atom is 0.261 e. The van der Waals surface area contributed by atoms with Crippen LogP contribution in [0, 0.1) is 0 Å². The second-order valence-electron chi connectivity index (χ2n) is 3.83. The van der Waals surface area contributed by atoms with Crippen molar-refractivity contribution in [2.24, 2.45) is 0 Å². The minimum absolute atomic E-state index is 0.0706. The van der Waals surface area contributed by atoms with E-state index < -0.39 is 9.05 Å². The SMILES string of the molecule is CCCc1ncc(-c2ccc(S(=O)(=O)Cl)cc2)o1. The second-order valence-corrected chi connectivity index (χ2v) is 6.40. The van der Waals surface area contributed by atoms with E-state index in [4.69, 9.17) is 15.1 Å². The lowest BCUT2D eigenvalue weighted by Gasteiger charge is -1.98. The molecule has 6 heteroatoms. The van der Waals surface area contributed by atoms with Crippen molar-refractivity contribution in [1.82, 2.24) is 4.98 Å². The average Bonchev–Trinajstić information content (AvgIpc) is 2.77. The van der Waals surface area contributed by atoms with Crippen LogP contribution in [0.4, 0.5) is 0 Å². The first-order valence-electron chi connectivity index (χ1n) is 5.50. The molecule has 1 heterocycles. The van der Waals surface area contributed by atoms with Crippen LogP contribution in [-0.4, -0.2) is 13.4 Å². The molecular formula is C12H12ClNO3S. The zero-order valence-electron chi connectivity index (χ0n) is 9.76. The number of rotatable bonds is 4. The van der Waals surface area contributed by atoms with E-state index >= 15 is 0 Å². The third kappa shape index (κ3) is 2.91. The molecule has 18 heavy (non-hydrogen) atoms. The zero-order valence-corrected chi connectivity index (χ0v) is 11.3. The topological polar surface area (TPSA) is 60.2 Å². The number of hydrogen-bond acceptors (Lipinski definition) is 4. The van der Waals surface area contributed by atoms with Crippen LogP contribution in [0.1, 0.15) is 19.2 Å². The largest absolute Gasteiger partial charge is 0.441 e. The molecule has 0 aliphatic carbocycles. The van der Waals surface area contributed by atoms with Crippen molar-refractivity contribution in [2.75, 3.05) is 0 Å². The van der Waals surface area contributed by atoms with Crippen molar-refractivity contribution in [3.05, 3.63) is 36.4 Å². The van der Waals surface area contributed by atoms with Gasteiger partial charge < -0.3 is 4.42 Å². The highest BCUT2D eigenvalue weighted by atomic mass is 35.7. The fraction of sp³-hybridized carbons (Fsp3) is 0.250. The Bertz CT molecular complexity index is 632. The molecule has 0 saturated carbocycles. The molecular weight excluding hydrogens is 274 g/mol. The Labute approximate surface area is 110 Å². The first-order chi connectivity index (χ1) is 8.50. The smallest absolute Gasteiger partial charge is 0.261 e. The van der Waals surface area contributed by atoms with Gasteiger partial charge in [0.05, 0.1) is 11.1 Å². The quantitative estimate of drug-likeness (QED) is 0.809. The van der Waals surface area contributed by atoms with Gasteiger partial charge in [0.1, 0.15) is 0 Å². The van der Waals surface area contributed by atoms with Gasteiger partial charge in [0.2, 0.25) is 0 Å². The molecule has 0 aliphatic heterocycles. The summed E-state index contributed by atoms with van der Waals surface area (Å²) in [6, 6.07) is 6.18. The summed E-state index contributed by atoms with van der Waals surface area (Å²) in [6.45, 7) is 2.05. The van der Waals surface area contributed by atoms with Crippen LogP contribution in [0.3, 0.4) is 0 Å². The molecule has 0 aliphatic rings. The van der Waals surface area contributed by atoms with E-state index in [2.05, 4.69) is 4.98 Å². The summed E-state index contributed by atoms with van der Waals surface area (Å²) in [5.74, 6) is 1.30. The van der Waals surface area contributed by atoms with Crippen LogP contribution < -0.4 is 0 Å². The van der Waals surface area contributed by atoms with Crippen LogP contribution in [0.25, 0.3) is 11.3 Å². The fourth-order valence-electron chi connectivity index (χ4n) is 1.55. The predicted molar refractivity (Wildman–Crippen MR) is 69.0 cm³/mol. The minimum atomic E-state index is -3.68. The number of halogens is 1. The van der Waals surface area contributed by atoms with Crippen LogP contribution in [-0.2, 0) is 15.5 Å². The average molecular weight is 286 g/mol. The van der Waals surface area contributed by atoms with Crippen LogP contribution in [0.15, 0.2) is 39.8 Å². The normalized spacial score (nSPS) is 11.7. The highest BCUT2D eigenvalue weighted by Gasteiger charge is 2.11. The van der Waals surface area contributed by atoms with Gasteiger partial charge in [0, 0.05) is 22.7 Å². The standard InChI is InChI=1S/C12H12ClNO3S/c1-2-3-12-14-8-11(17-12)9-4-6-10(7-5-9)18(13,15)16/h4-8H,2-3H2,1H3. The Kier molecular flexibility index (Phi) is 3.73. The summed E-state index contributed by atoms with van der Waals surface area (Å²) < 4.78 is 27.7. The van der Waals surface area contributed by atoms with E-state index in [-0.39, 0.29) is 4.90 Å². The molecule has 0 fully saturated rings. The van der Waals surface area contributed by atoms with Crippen LogP contribution >= 0.6 is 10.7 Å². The Balaban J connectivity index is 2.28. The van der Waals surface area contributed by atoms with Crippen molar-refractivity contribution in [1.29, 1.82) is 0 Å². The highest BCUT2D eigenvalue weighted by molar-refractivity contribution is 8.13. The molecule has 0 N–H and O–H groups in total. The van der Waals surface area contributed by atoms with Gasteiger partial charge in [-0.25, -0.2) is 13.4 Å². The maximum atomic E-state index is 11.1. The minimum Gasteiger partial charge on any atom is -0.441 e. The van der Waals surface area contributed by atoms with Gasteiger partial charge in [-0.2, -0.15) is 0 Å². The second kappa shape index (κ2) is 5.12. The molecule has 1 aromatic heterocycles. The van der Waals surface area contributed by atoms with Gasteiger partial charge in [-0.1, -0.05) is 6.92 Å². The predicted octanol–water partition coefficient (Wildman–Crippen LogP) is 3.22. The summed E-state index contributed by atoms with van der Waals surface area (Å²) in [5, 5.41) is 0. The van der Waals surface area contributed by atoms with E-state index in [1.807, 2.05) is 6.92 Å². The Morgan fingerprint density at radius 1 is 1.28 bits per heavy atom. The van der Waals surface area contributed by atoms with Gasteiger partial charge in [-0.3, -0.25) is 0 Å². The molecule has 0 unspecified atom stereocenters. The van der Waals surface area contributed by atoms with Crippen molar-refractivity contribution in [3.8, 4) is 11.3 Å². The van der Waals surface area contributed by atoms with E-state index in [9.17, 15) is 8.42 Å². The van der Waals surface area contributed by atoms with Crippen molar-refractivity contribution < 1.29 is 12.8 Å². The summed E-state index contributed by atoms with van der Waals surface area (Å²) in [7, 11) is 1.56. The Morgan fingerprint density at radius 2 is 1.94 bits per heavy atom. The molecule has 0 radical (unpaired) electrons. The lowest BCUT2D eigenvalue weighted by Crippen LogP contribution is -1.89. The number of aromatic nitrogens is 1. The lowest BCUT2D eigenvalue weighted by atomic mass is 10.2. The third-order valence-corrected chi connectivity index (χ3v) is 3.81. The van der Waals surface area contributed by atoms with Crippen LogP contribution in [0.5, 0.6) is 0 Å². The van der Waals surface area contributed by atoms with E-state index in [0.29, 0.717) is 11.7 Å². The molecule has 0 bridgehead atoms. The summed E-state index contributed by atoms with van der Waals surface area (Å²) >= 11 is 0. The van der Waals surface area contributed by atoms with Crippen molar-refractivity contribution in [2.45, 2.75) is 24.7 Å². The first-order valence-corrected chi connectivity index (χ1v) is 7.81. The Morgan fingerprint density at radius 3 is 2.50 bits per heavy atom. The lowest BCUT2D eigenvalue weighted by molar-refractivity contribution is 0.503. The molecule has 0 atom stereocenters. The third-order valence-electron chi connectivity index (χ3n) is 2.44. The first kappa shape index (κ1) is 13.1. The summed E-state index contributed by atoms with van der Waals surface area (Å²) in [6.07, 6.45) is 3.38. The highest BCUT2D eigenvalue weighted by Crippen LogP contribution is 2.23. The van der Waals surface area contributed by atoms with Crippen molar-refractivity contribution >= 4 is 19.7 Å². The summed E-state index contributed by atoms with van der Waals surface area (Å²) in [4.78, 5) is 4.21. The van der Waals surface area contributed by atoms with E-state index in [1.165, 1.54) is 12.1 Å². The Hall–Kier alpha value is -1.33. The van der Waals surface area contributed by atoms with Gasteiger partial charge in [0.25, 0.3) is 9.05 Å². The molecule has 2 aromatic rings. The fourth-order valence-corrected chi connectivity index (χ4v) is 2.32.